The van der Waals surface area contributed by atoms with Crippen molar-refractivity contribution in [2.45, 2.75) is 45.7 Å². The fraction of sp³-hybridized carbons (Fsp3) is 0.600. The first-order valence-electron chi connectivity index (χ1n) is 6.98. The molecule has 0 fully saturated rings. The summed E-state index contributed by atoms with van der Waals surface area (Å²) in [7, 11) is 0. The molecule has 0 aliphatic heterocycles. The maximum atomic E-state index is 12.7. The van der Waals surface area contributed by atoms with Crippen LogP contribution in [0.3, 0.4) is 0 Å². The summed E-state index contributed by atoms with van der Waals surface area (Å²) in [6.07, 6.45) is 0.137. The van der Waals surface area contributed by atoms with E-state index in [0.29, 0.717) is 22.6 Å². The number of anilines is 1. The third kappa shape index (κ3) is 5.73. The number of alkyl halides is 3. The Labute approximate surface area is 127 Å². The lowest BCUT2D eigenvalue weighted by molar-refractivity contribution is -0.137. The second kappa shape index (κ2) is 7.91. The number of rotatable bonds is 7. The zero-order valence-electron chi connectivity index (χ0n) is 11.9. The third-order valence-corrected chi connectivity index (χ3v) is 3.82. The Hall–Kier alpha value is -0.710. The van der Waals surface area contributed by atoms with E-state index in [9.17, 15) is 13.2 Å². The molecule has 1 rings (SSSR count). The van der Waals surface area contributed by atoms with Crippen LogP contribution in [0.5, 0.6) is 0 Å². The maximum absolute atomic E-state index is 12.7. The van der Waals surface area contributed by atoms with E-state index in [4.69, 9.17) is 0 Å². The van der Waals surface area contributed by atoms with Gasteiger partial charge in [0.2, 0.25) is 0 Å². The SMILES string of the molecule is CCCCC(CC)CNc1cc(Br)cc(C(F)(F)F)c1. The van der Waals surface area contributed by atoms with Crippen molar-refractivity contribution >= 4 is 21.6 Å². The minimum atomic E-state index is -4.31. The number of unbranched alkanes of at least 4 members (excludes halogenated alkanes) is 1. The minimum absolute atomic E-state index is 0.441. The van der Waals surface area contributed by atoms with Crippen LogP contribution < -0.4 is 5.32 Å². The van der Waals surface area contributed by atoms with Crippen molar-refractivity contribution < 1.29 is 13.2 Å². The Bertz CT molecular complexity index is 418. The van der Waals surface area contributed by atoms with Crippen LogP contribution in [0.15, 0.2) is 22.7 Å². The monoisotopic (exact) mass is 351 g/mol. The van der Waals surface area contributed by atoms with Crippen molar-refractivity contribution in [1.82, 2.24) is 0 Å². The largest absolute Gasteiger partial charge is 0.416 e. The molecule has 1 nitrogen and oxygen atoms in total. The van der Waals surface area contributed by atoms with Crippen molar-refractivity contribution in [2.24, 2.45) is 5.92 Å². The highest BCUT2D eigenvalue weighted by molar-refractivity contribution is 9.10. The highest BCUT2D eigenvalue weighted by Gasteiger charge is 2.31. The molecule has 1 aromatic carbocycles. The van der Waals surface area contributed by atoms with Gasteiger partial charge >= 0.3 is 6.18 Å². The summed E-state index contributed by atoms with van der Waals surface area (Å²) >= 11 is 3.13. The average molecular weight is 352 g/mol. The van der Waals surface area contributed by atoms with Crippen LogP contribution in [0.4, 0.5) is 18.9 Å². The van der Waals surface area contributed by atoms with E-state index in [1.807, 2.05) is 0 Å². The van der Waals surface area contributed by atoms with Crippen molar-refractivity contribution in [3.05, 3.63) is 28.2 Å². The van der Waals surface area contributed by atoms with Crippen molar-refractivity contribution in [3.63, 3.8) is 0 Å². The number of hydrogen-bond acceptors (Lipinski definition) is 1. The van der Waals surface area contributed by atoms with Crippen molar-refractivity contribution in [2.75, 3.05) is 11.9 Å². The van der Waals surface area contributed by atoms with Gasteiger partial charge in [-0.3, -0.25) is 0 Å². The summed E-state index contributed by atoms with van der Waals surface area (Å²) in [6.45, 7) is 4.97. The van der Waals surface area contributed by atoms with Gasteiger partial charge in [0.25, 0.3) is 0 Å². The number of benzene rings is 1. The van der Waals surface area contributed by atoms with E-state index >= 15 is 0 Å². The molecule has 0 aliphatic carbocycles. The Morgan fingerprint density at radius 2 is 1.90 bits per heavy atom. The summed E-state index contributed by atoms with van der Waals surface area (Å²) in [5.41, 5.74) is -0.113. The van der Waals surface area contributed by atoms with Gasteiger partial charge in [-0.25, -0.2) is 0 Å². The first-order valence-corrected chi connectivity index (χ1v) is 7.77. The van der Waals surface area contributed by atoms with Crippen LogP contribution >= 0.6 is 15.9 Å². The van der Waals surface area contributed by atoms with Gasteiger partial charge < -0.3 is 5.32 Å². The van der Waals surface area contributed by atoms with Gasteiger partial charge in [-0.2, -0.15) is 13.2 Å². The van der Waals surface area contributed by atoms with Gasteiger partial charge in [0.1, 0.15) is 0 Å². The van der Waals surface area contributed by atoms with Crippen LogP contribution in [0.1, 0.15) is 45.1 Å². The first-order chi connectivity index (χ1) is 9.36. The molecule has 0 radical (unpaired) electrons. The molecule has 1 N–H and O–H groups in total. The van der Waals surface area contributed by atoms with Gasteiger partial charge in [0, 0.05) is 16.7 Å². The van der Waals surface area contributed by atoms with Crippen LogP contribution in [0, 0.1) is 5.92 Å². The fourth-order valence-electron chi connectivity index (χ4n) is 2.06. The molecule has 1 atom stereocenters. The van der Waals surface area contributed by atoms with E-state index < -0.39 is 11.7 Å². The zero-order chi connectivity index (χ0) is 15.2. The van der Waals surface area contributed by atoms with E-state index in [1.54, 1.807) is 6.07 Å². The van der Waals surface area contributed by atoms with Gasteiger partial charge in [-0.15, -0.1) is 0 Å². The molecule has 0 saturated carbocycles. The van der Waals surface area contributed by atoms with Gasteiger partial charge in [-0.05, 0) is 30.5 Å². The normalized spacial score (nSPS) is 13.3. The molecule has 0 amide bonds. The Kier molecular flexibility index (Phi) is 6.86. The minimum Gasteiger partial charge on any atom is -0.385 e. The van der Waals surface area contributed by atoms with Crippen molar-refractivity contribution in [1.29, 1.82) is 0 Å². The smallest absolute Gasteiger partial charge is 0.385 e. The molecule has 114 valence electrons. The number of halogens is 4. The Morgan fingerprint density at radius 3 is 2.45 bits per heavy atom. The van der Waals surface area contributed by atoms with E-state index in [2.05, 4.69) is 35.1 Å². The molecule has 20 heavy (non-hydrogen) atoms. The fourth-order valence-corrected chi connectivity index (χ4v) is 2.55. The maximum Gasteiger partial charge on any atom is 0.416 e. The standard InChI is InChI=1S/C15H21BrF3N/c1-3-5-6-11(4-2)10-20-14-8-12(15(17,18)19)7-13(16)9-14/h7-9,11,20H,3-6,10H2,1-2H3. The quantitative estimate of drug-likeness (QED) is 0.626. The summed E-state index contributed by atoms with van der Waals surface area (Å²) in [5.74, 6) is 0.503. The van der Waals surface area contributed by atoms with E-state index in [-0.39, 0.29) is 0 Å². The molecule has 0 saturated heterocycles. The highest BCUT2D eigenvalue weighted by atomic mass is 79.9. The second-order valence-corrected chi connectivity index (χ2v) is 5.94. The predicted molar refractivity (Wildman–Crippen MR) is 80.9 cm³/mol. The van der Waals surface area contributed by atoms with Gasteiger partial charge in [0.15, 0.2) is 0 Å². The van der Waals surface area contributed by atoms with Crippen LogP contribution in [-0.4, -0.2) is 6.54 Å². The second-order valence-electron chi connectivity index (χ2n) is 5.02. The van der Waals surface area contributed by atoms with Gasteiger partial charge in [-0.1, -0.05) is 49.0 Å². The van der Waals surface area contributed by atoms with E-state index in [0.717, 1.165) is 37.8 Å². The van der Waals surface area contributed by atoms with Crippen molar-refractivity contribution in [3.8, 4) is 0 Å². The van der Waals surface area contributed by atoms with Crippen LogP contribution in [0.2, 0.25) is 0 Å². The lowest BCUT2D eigenvalue weighted by Gasteiger charge is -2.17. The number of nitrogens with one attached hydrogen (secondary N) is 1. The molecular weight excluding hydrogens is 331 g/mol. The molecule has 5 heteroatoms. The molecule has 0 aromatic heterocycles. The summed E-state index contributed by atoms with van der Waals surface area (Å²) < 4.78 is 38.6. The average Bonchev–Trinajstić information content (AvgIpc) is 2.37. The predicted octanol–water partition coefficient (Wildman–Crippen LogP) is 6.10. The zero-order valence-corrected chi connectivity index (χ0v) is 13.4. The molecule has 0 aliphatic rings. The van der Waals surface area contributed by atoms with E-state index in [1.165, 1.54) is 0 Å². The molecule has 0 heterocycles. The molecule has 0 bridgehead atoms. The molecule has 1 aromatic rings. The van der Waals surface area contributed by atoms with Crippen LogP contribution in [-0.2, 0) is 6.18 Å². The lowest BCUT2D eigenvalue weighted by Crippen LogP contribution is -2.14. The molecule has 1 unspecified atom stereocenters. The Balaban J connectivity index is 2.70. The summed E-state index contributed by atoms with van der Waals surface area (Å²) in [6, 6.07) is 3.94. The summed E-state index contributed by atoms with van der Waals surface area (Å²) in [4.78, 5) is 0. The van der Waals surface area contributed by atoms with Crippen LogP contribution in [0.25, 0.3) is 0 Å². The molecule has 0 spiro atoms. The molecular formula is C15H21BrF3N. The first kappa shape index (κ1) is 17.3. The topological polar surface area (TPSA) is 12.0 Å². The number of hydrogen-bond donors (Lipinski definition) is 1. The lowest BCUT2D eigenvalue weighted by atomic mass is 9.99. The third-order valence-electron chi connectivity index (χ3n) is 3.36. The van der Waals surface area contributed by atoms with Gasteiger partial charge in [0.05, 0.1) is 5.56 Å². The highest BCUT2D eigenvalue weighted by Crippen LogP contribution is 2.33. The summed E-state index contributed by atoms with van der Waals surface area (Å²) in [5, 5.41) is 3.13. The Morgan fingerprint density at radius 1 is 1.20 bits per heavy atom.